The Balaban J connectivity index is 2.04. The predicted molar refractivity (Wildman–Crippen MR) is 308 cm³/mol. The molecule has 0 aromatic heterocycles. The third-order valence-electron chi connectivity index (χ3n) is 12.7. The minimum Gasteiger partial charge on any atom is -0.508 e. The fourth-order valence-corrected chi connectivity index (χ4v) is 8.12. The van der Waals surface area contributed by atoms with Gasteiger partial charge in [-0.05, 0) is 60.9 Å². The number of hydrogen-bond donors (Lipinski definition) is 19. The molecule has 0 spiro atoms. The molecule has 0 saturated carbocycles. The minimum atomic E-state index is -2.01. The summed E-state index contributed by atoms with van der Waals surface area (Å²) in [5.74, 6) is -13.3. The van der Waals surface area contributed by atoms with Crippen LogP contribution in [0.5, 0.6) is 5.75 Å². The van der Waals surface area contributed by atoms with E-state index in [-0.39, 0.29) is 82.1 Å². The van der Waals surface area contributed by atoms with Crippen molar-refractivity contribution in [2.24, 2.45) is 44.4 Å². The highest BCUT2D eigenvalue weighted by Gasteiger charge is 2.36. The lowest BCUT2D eigenvalue weighted by Gasteiger charge is -2.28. The molecule has 0 bridgehead atoms. The number of carboxylic acid groups (broad SMARTS) is 2. The predicted octanol–water partition coefficient (Wildman–Crippen LogP) is -6.46. The topological polar surface area (TPSA) is 566 Å². The fraction of sp³-hybridized carbons (Fsp3) is 0.426. The fourth-order valence-electron chi connectivity index (χ4n) is 8.12. The van der Waals surface area contributed by atoms with E-state index in [4.69, 9.17) is 34.4 Å². The Morgan fingerprint density at radius 2 is 0.756 bits per heavy atom. The molecule has 32 nitrogen and oxygen atoms in total. The van der Waals surface area contributed by atoms with Crippen LogP contribution >= 0.6 is 0 Å². The highest BCUT2D eigenvalue weighted by molar-refractivity contribution is 5.99. The summed E-state index contributed by atoms with van der Waals surface area (Å²) in [7, 11) is 0. The summed E-state index contributed by atoms with van der Waals surface area (Å²) in [6.45, 7) is -2.16. The van der Waals surface area contributed by atoms with Crippen molar-refractivity contribution in [1.82, 2.24) is 42.5 Å². The van der Waals surface area contributed by atoms with E-state index < -0.39 is 146 Å². The lowest BCUT2D eigenvalue weighted by Crippen LogP contribution is -2.61. The number of aliphatic hydroxyl groups is 2. The van der Waals surface area contributed by atoms with Gasteiger partial charge in [-0.15, -0.1) is 0 Å². The number of hydrogen-bond acceptors (Lipinski definition) is 17. The van der Waals surface area contributed by atoms with Crippen LogP contribution in [0.15, 0.2) is 94.9 Å². The summed E-state index contributed by atoms with van der Waals surface area (Å²) < 4.78 is 0. The van der Waals surface area contributed by atoms with Crippen molar-refractivity contribution in [3.8, 4) is 5.75 Å². The molecule has 0 unspecified atom stereocenters. The van der Waals surface area contributed by atoms with E-state index >= 15 is 0 Å². The van der Waals surface area contributed by atoms with Crippen LogP contribution in [-0.2, 0) is 72.0 Å². The molecule has 0 fully saturated rings. The van der Waals surface area contributed by atoms with E-state index in [2.05, 4.69) is 52.5 Å². The number of amides is 9. The highest BCUT2D eigenvalue weighted by Crippen LogP contribution is 2.14. The number of phenols is 1. The van der Waals surface area contributed by atoms with Crippen molar-refractivity contribution in [3.63, 3.8) is 0 Å². The summed E-state index contributed by atoms with van der Waals surface area (Å²) in [5.41, 5.74) is 34.3. The molecular weight excluding hydrogens is 1130 g/mol. The van der Waals surface area contributed by atoms with Gasteiger partial charge in [-0.3, -0.25) is 57.9 Å². The molecule has 32 heteroatoms. The summed E-state index contributed by atoms with van der Waals surface area (Å²) in [5, 5.41) is 68.4. The first-order valence-electron chi connectivity index (χ1n) is 26.9. The maximum absolute atomic E-state index is 14.6. The second kappa shape index (κ2) is 36.6. The van der Waals surface area contributed by atoms with Crippen LogP contribution < -0.4 is 76.9 Å². The Morgan fingerprint density at radius 1 is 0.419 bits per heavy atom. The normalized spacial score (nSPS) is 13.9. The van der Waals surface area contributed by atoms with Gasteiger partial charge < -0.3 is 102 Å². The molecular formula is C54H76N16O16. The number of aliphatic carboxylic acids is 2. The van der Waals surface area contributed by atoms with E-state index in [0.717, 1.165) is 0 Å². The third-order valence-corrected chi connectivity index (χ3v) is 12.7. The number of nitrogens with two attached hydrogens (primary N) is 6. The molecule has 9 atom stereocenters. The van der Waals surface area contributed by atoms with Crippen molar-refractivity contribution in [3.05, 3.63) is 102 Å². The van der Waals surface area contributed by atoms with Crippen LogP contribution in [0.4, 0.5) is 0 Å². The molecule has 3 rings (SSSR count). The zero-order valence-electron chi connectivity index (χ0n) is 46.8. The molecule has 468 valence electrons. The molecule has 0 radical (unpaired) electrons. The average molecular weight is 1210 g/mol. The van der Waals surface area contributed by atoms with Gasteiger partial charge in [-0.1, -0.05) is 72.8 Å². The maximum Gasteiger partial charge on any atom is 0.328 e. The first kappa shape index (κ1) is 70.3. The molecule has 0 heterocycles. The lowest BCUT2D eigenvalue weighted by atomic mass is 10.0. The number of nitrogens with one attached hydrogen (secondary N) is 8. The van der Waals surface area contributed by atoms with E-state index in [9.17, 15) is 78.3 Å². The smallest absolute Gasteiger partial charge is 0.328 e. The molecule has 25 N–H and O–H groups in total. The van der Waals surface area contributed by atoms with Crippen LogP contribution in [0.1, 0.15) is 61.6 Å². The van der Waals surface area contributed by atoms with Gasteiger partial charge in [0, 0.05) is 38.8 Å². The molecule has 0 aliphatic heterocycles. The first-order chi connectivity index (χ1) is 40.8. The van der Waals surface area contributed by atoms with Crippen molar-refractivity contribution in [2.75, 3.05) is 26.3 Å². The Labute approximate surface area is 493 Å². The highest BCUT2D eigenvalue weighted by atomic mass is 16.4. The zero-order chi connectivity index (χ0) is 63.9. The Kier molecular flexibility index (Phi) is 29.9. The molecule has 0 saturated heterocycles. The number of primary amides is 1. The summed E-state index contributed by atoms with van der Waals surface area (Å²) in [6, 6.07) is 6.72. The van der Waals surface area contributed by atoms with E-state index in [1.165, 1.54) is 24.3 Å². The number of phenolic OH excluding ortho intramolecular Hbond substituents is 1. The lowest BCUT2D eigenvalue weighted by molar-refractivity contribution is -0.143. The summed E-state index contributed by atoms with van der Waals surface area (Å²) in [4.78, 5) is 155. The largest absolute Gasteiger partial charge is 0.508 e. The zero-order valence-corrected chi connectivity index (χ0v) is 46.8. The number of benzene rings is 3. The second-order valence-electron chi connectivity index (χ2n) is 19.5. The van der Waals surface area contributed by atoms with Gasteiger partial charge >= 0.3 is 11.9 Å². The minimum absolute atomic E-state index is 0.00668. The number of carbonyl (C=O) groups is 11. The van der Waals surface area contributed by atoms with Gasteiger partial charge in [0.25, 0.3) is 0 Å². The number of aliphatic imine (C=N–C) groups is 2. The summed E-state index contributed by atoms with van der Waals surface area (Å²) >= 11 is 0. The van der Waals surface area contributed by atoms with Gasteiger partial charge in [0.05, 0.1) is 25.7 Å². The van der Waals surface area contributed by atoms with Gasteiger partial charge in [0.1, 0.15) is 54.1 Å². The molecule has 0 aliphatic rings. The monoisotopic (exact) mass is 1200 g/mol. The van der Waals surface area contributed by atoms with Gasteiger partial charge in [-0.25, -0.2) is 4.79 Å². The van der Waals surface area contributed by atoms with Crippen LogP contribution in [0.2, 0.25) is 0 Å². The van der Waals surface area contributed by atoms with Crippen LogP contribution in [-0.4, -0.2) is 183 Å². The van der Waals surface area contributed by atoms with Crippen LogP contribution in [0.25, 0.3) is 0 Å². The quantitative estimate of drug-likeness (QED) is 0.0144. The van der Waals surface area contributed by atoms with Crippen molar-refractivity contribution in [2.45, 2.75) is 119 Å². The van der Waals surface area contributed by atoms with Gasteiger partial charge in [0.2, 0.25) is 53.2 Å². The van der Waals surface area contributed by atoms with Crippen molar-refractivity contribution >= 4 is 77.0 Å². The second-order valence-corrected chi connectivity index (χ2v) is 19.5. The van der Waals surface area contributed by atoms with Gasteiger partial charge in [0.15, 0.2) is 11.9 Å². The standard InChI is InChI=1S/C54H76N16O16/c55-33(19-20-42(56)74)44(77)69-40(27-71)51(84)67-38(25-31-15-17-32(73)18-16-31)48(81)68-39(26-43(75)76)50(83)66-36(23-29-9-3-1-4-10-29)47(80)64-34(13-7-21-61-53(57)58)45(78)63-35(14-8-22-62-54(59)60)46(79)65-37(24-30-11-5-2-6-12-30)49(82)70-41(28-72)52(85)86/h1-6,9-12,15-18,33-41,71-73H,7-8,13-14,19-28,55H2,(H2,56,74)(H,63,78)(H,64,80)(H,65,79)(H,66,83)(H,67,84)(H,68,81)(H,69,77)(H,70,82)(H,75,76)(H,85,86)(H4,57,58,61)(H4,59,60,62)/t33-,34-,35-,36-,37-,38-,39-,40-,41-/m0/s1. The number of rotatable bonds is 38. The van der Waals surface area contributed by atoms with Crippen molar-refractivity contribution in [1.29, 1.82) is 0 Å². The third kappa shape index (κ3) is 26.1. The van der Waals surface area contributed by atoms with Crippen LogP contribution in [0, 0.1) is 0 Å². The van der Waals surface area contributed by atoms with E-state index in [1.54, 1.807) is 60.7 Å². The number of nitrogens with zero attached hydrogens (tertiary/aromatic N) is 2. The average Bonchev–Trinajstić information content (AvgIpc) is 3.48. The van der Waals surface area contributed by atoms with Crippen LogP contribution in [0.3, 0.4) is 0 Å². The molecule has 86 heavy (non-hydrogen) atoms. The first-order valence-corrected chi connectivity index (χ1v) is 26.9. The van der Waals surface area contributed by atoms with E-state index in [1.807, 2.05) is 0 Å². The molecule has 3 aromatic rings. The van der Waals surface area contributed by atoms with Crippen molar-refractivity contribution < 1.29 is 78.3 Å². The Bertz CT molecular complexity index is 2840. The van der Waals surface area contributed by atoms with E-state index in [0.29, 0.717) is 16.7 Å². The SMILES string of the molecule is NC(=O)CC[C@H](N)C(=O)N[C@@H](CO)C(=O)N[C@@H](Cc1ccc(O)cc1)C(=O)N[C@@H](CC(=O)O)C(=O)N[C@@H](Cc1ccccc1)C(=O)N[C@@H](CCCN=C(N)N)C(=O)N[C@@H](CCCN=C(N)N)C(=O)N[C@@H](Cc1ccccc1)C(=O)N[C@@H](CO)C(=O)O. The number of aromatic hydroxyl groups is 1. The Morgan fingerprint density at radius 3 is 1.13 bits per heavy atom. The number of aliphatic hydroxyl groups excluding tert-OH is 2. The molecule has 0 aliphatic carbocycles. The number of carboxylic acids is 2. The summed E-state index contributed by atoms with van der Waals surface area (Å²) in [6.07, 6.45) is -2.93. The molecule has 3 aromatic carbocycles. The van der Waals surface area contributed by atoms with Gasteiger partial charge in [-0.2, -0.15) is 0 Å². The Hall–Kier alpha value is -9.95. The number of guanidine groups is 2. The maximum atomic E-state index is 14.6. The number of carbonyl (C=O) groups excluding carboxylic acids is 9. The molecule has 9 amide bonds.